The summed E-state index contributed by atoms with van der Waals surface area (Å²) in [5.74, 6) is 0.219. The van der Waals surface area contributed by atoms with Crippen LogP contribution in [0.1, 0.15) is 25.0 Å². The van der Waals surface area contributed by atoms with Crippen LogP contribution in [0.2, 0.25) is 0 Å². The number of cyclic esters (lactones) is 1. The second-order valence-corrected chi connectivity index (χ2v) is 3.50. The van der Waals surface area contributed by atoms with Crippen molar-refractivity contribution in [1.82, 2.24) is 0 Å². The molecule has 0 amide bonds. The summed E-state index contributed by atoms with van der Waals surface area (Å²) < 4.78 is 5.22. The maximum Gasteiger partial charge on any atom is 0.306 e. The molecule has 13 heavy (non-hydrogen) atoms. The number of rotatable bonds is 1. The zero-order chi connectivity index (χ0) is 9.26. The van der Waals surface area contributed by atoms with Crippen molar-refractivity contribution in [2.45, 2.75) is 19.4 Å². The molecule has 0 radical (unpaired) electrons. The fraction of sp³-hybridized carbons (Fsp3) is 0.364. The first kappa shape index (κ1) is 8.30. The molecule has 1 heterocycles. The van der Waals surface area contributed by atoms with Gasteiger partial charge >= 0.3 is 5.97 Å². The average Bonchev–Trinajstić information content (AvgIpc) is 2.47. The van der Waals surface area contributed by atoms with Gasteiger partial charge in [0, 0.05) is 5.92 Å². The van der Waals surface area contributed by atoms with Crippen LogP contribution in [0.3, 0.4) is 0 Å². The number of benzene rings is 1. The summed E-state index contributed by atoms with van der Waals surface area (Å²) in [5.41, 5.74) is 1.10. The van der Waals surface area contributed by atoms with E-state index in [2.05, 4.69) is 0 Å². The van der Waals surface area contributed by atoms with E-state index >= 15 is 0 Å². The van der Waals surface area contributed by atoms with Crippen LogP contribution in [-0.4, -0.2) is 5.97 Å². The van der Waals surface area contributed by atoms with Crippen molar-refractivity contribution in [2.75, 3.05) is 0 Å². The zero-order valence-corrected chi connectivity index (χ0v) is 7.57. The molecular weight excluding hydrogens is 164 g/mol. The minimum atomic E-state index is -0.0821. The first-order valence-corrected chi connectivity index (χ1v) is 4.52. The van der Waals surface area contributed by atoms with Gasteiger partial charge in [0.2, 0.25) is 0 Å². The third kappa shape index (κ3) is 1.57. The van der Waals surface area contributed by atoms with Gasteiger partial charge in [-0.05, 0) is 5.56 Å². The number of carbonyl (C=O) groups is 1. The maximum atomic E-state index is 11.0. The molecule has 0 bridgehead atoms. The molecule has 1 aromatic carbocycles. The lowest BCUT2D eigenvalue weighted by molar-refractivity contribution is -0.141. The third-order valence-electron chi connectivity index (χ3n) is 2.39. The van der Waals surface area contributed by atoms with Crippen LogP contribution < -0.4 is 0 Å². The zero-order valence-electron chi connectivity index (χ0n) is 7.57. The van der Waals surface area contributed by atoms with Crippen LogP contribution in [0.25, 0.3) is 0 Å². The van der Waals surface area contributed by atoms with Crippen molar-refractivity contribution in [1.29, 1.82) is 0 Å². The minimum Gasteiger partial charge on any atom is -0.457 e. The van der Waals surface area contributed by atoms with E-state index in [0.717, 1.165) is 5.56 Å². The lowest BCUT2D eigenvalue weighted by Gasteiger charge is -2.13. The molecule has 1 saturated heterocycles. The minimum absolute atomic E-state index is 0.0336. The fourth-order valence-corrected chi connectivity index (χ4v) is 1.72. The average molecular weight is 176 g/mol. The van der Waals surface area contributed by atoms with E-state index in [1.54, 1.807) is 0 Å². The summed E-state index contributed by atoms with van der Waals surface area (Å²) in [6.07, 6.45) is 0.508. The first-order chi connectivity index (χ1) is 6.27. The fourth-order valence-electron chi connectivity index (χ4n) is 1.72. The second kappa shape index (κ2) is 3.21. The van der Waals surface area contributed by atoms with E-state index in [9.17, 15) is 4.79 Å². The number of hydrogen-bond acceptors (Lipinski definition) is 2. The van der Waals surface area contributed by atoms with Crippen molar-refractivity contribution < 1.29 is 9.53 Å². The van der Waals surface area contributed by atoms with Gasteiger partial charge in [-0.25, -0.2) is 0 Å². The molecule has 0 aromatic heterocycles. The van der Waals surface area contributed by atoms with E-state index in [4.69, 9.17) is 4.74 Å². The molecule has 2 nitrogen and oxygen atoms in total. The Morgan fingerprint density at radius 2 is 2.00 bits per heavy atom. The van der Waals surface area contributed by atoms with Gasteiger partial charge in [-0.15, -0.1) is 0 Å². The molecule has 2 atom stereocenters. The molecular formula is C11H12O2. The summed E-state index contributed by atoms with van der Waals surface area (Å²) in [7, 11) is 0. The monoisotopic (exact) mass is 176 g/mol. The van der Waals surface area contributed by atoms with Gasteiger partial charge in [0.15, 0.2) is 0 Å². The van der Waals surface area contributed by atoms with Crippen molar-refractivity contribution >= 4 is 5.97 Å². The number of esters is 1. The summed E-state index contributed by atoms with van der Waals surface area (Å²) in [6.45, 7) is 2.04. The highest BCUT2D eigenvalue weighted by molar-refractivity contribution is 5.72. The van der Waals surface area contributed by atoms with Crippen molar-refractivity contribution in [3.05, 3.63) is 35.9 Å². The Labute approximate surface area is 77.5 Å². The highest BCUT2D eigenvalue weighted by Crippen LogP contribution is 2.34. The molecule has 0 saturated carbocycles. The van der Waals surface area contributed by atoms with Crippen LogP contribution in [-0.2, 0) is 9.53 Å². The molecule has 0 aliphatic carbocycles. The molecule has 0 unspecified atom stereocenters. The summed E-state index contributed by atoms with van der Waals surface area (Å²) in [4.78, 5) is 11.0. The van der Waals surface area contributed by atoms with Gasteiger partial charge in [-0.1, -0.05) is 37.3 Å². The van der Waals surface area contributed by atoms with E-state index < -0.39 is 0 Å². The van der Waals surface area contributed by atoms with Crippen LogP contribution >= 0.6 is 0 Å². The van der Waals surface area contributed by atoms with Gasteiger partial charge in [-0.2, -0.15) is 0 Å². The van der Waals surface area contributed by atoms with Crippen molar-refractivity contribution in [2.24, 2.45) is 5.92 Å². The SMILES string of the molecule is C[C@H]1CC(=O)O[C@H]1c1ccccc1. The van der Waals surface area contributed by atoms with Crippen LogP contribution in [0.5, 0.6) is 0 Å². The molecule has 0 N–H and O–H groups in total. The van der Waals surface area contributed by atoms with Crippen LogP contribution in [0.15, 0.2) is 30.3 Å². The van der Waals surface area contributed by atoms with Gasteiger partial charge in [0.25, 0.3) is 0 Å². The summed E-state index contributed by atoms with van der Waals surface area (Å²) in [5, 5.41) is 0. The highest BCUT2D eigenvalue weighted by Gasteiger charge is 2.32. The highest BCUT2D eigenvalue weighted by atomic mass is 16.5. The van der Waals surface area contributed by atoms with Crippen molar-refractivity contribution in [3.8, 4) is 0 Å². The molecule has 1 aromatic rings. The predicted molar refractivity (Wildman–Crippen MR) is 49.1 cm³/mol. The Kier molecular flexibility index (Phi) is 2.05. The van der Waals surface area contributed by atoms with Gasteiger partial charge < -0.3 is 4.74 Å². The molecule has 2 rings (SSSR count). The number of carbonyl (C=O) groups excluding carboxylic acids is 1. The maximum absolute atomic E-state index is 11.0. The molecule has 2 heteroatoms. The Bertz CT molecular complexity index is 305. The van der Waals surface area contributed by atoms with Gasteiger partial charge in [0.05, 0.1) is 6.42 Å². The molecule has 1 aliphatic heterocycles. The topological polar surface area (TPSA) is 26.3 Å². The van der Waals surface area contributed by atoms with Gasteiger partial charge in [-0.3, -0.25) is 4.79 Å². The second-order valence-electron chi connectivity index (χ2n) is 3.50. The molecule has 1 aliphatic rings. The van der Waals surface area contributed by atoms with E-state index in [-0.39, 0.29) is 12.1 Å². The quantitative estimate of drug-likeness (QED) is 0.614. The predicted octanol–water partition coefficient (Wildman–Crippen LogP) is 2.31. The summed E-state index contributed by atoms with van der Waals surface area (Å²) >= 11 is 0. The number of ether oxygens (including phenoxy) is 1. The third-order valence-corrected chi connectivity index (χ3v) is 2.39. The van der Waals surface area contributed by atoms with Crippen LogP contribution in [0, 0.1) is 5.92 Å². The Hall–Kier alpha value is -1.31. The molecule has 0 spiro atoms. The Morgan fingerprint density at radius 1 is 1.31 bits per heavy atom. The standard InChI is InChI=1S/C11H12O2/c1-8-7-10(12)13-11(8)9-5-3-2-4-6-9/h2-6,8,11H,7H2,1H3/t8-,11+/m0/s1. The van der Waals surface area contributed by atoms with E-state index in [1.165, 1.54) is 0 Å². The van der Waals surface area contributed by atoms with E-state index in [1.807, 2.05) is 37.3 Å². The Morgan fingerprint density at radius 3 is 2.54 bits per heavy atom. The number of hydrogen-bond donors (Lipinski definition) is 0. The molecule has 68 valence electrons. The largest absolute Gasteiger partial charge is 0.457 e. The van der Waals surface area contributed by atoms with Crippen LogP contribution in [0.4, 0.5) is 0 Å². The van der Waals surface area contributed by atoms with E-state index in [0.29, 0.717) is 12.3 Å². The Balaban J connectivity index is 2.23. The normalized spacial score (nSPS) is 27.3. The van der Waals surface area contributed by atoms with Crippen molar-refractivity contribution in [3.63, 3.8) is 0 Å². The lowest BCUT2D eigenvalue weighted by Crippen LogP contribution is -2.03. The first-order valence-electron chi connectivity index (χ1n) is 4.52. The molecule has 1 fully saturated rings. The van der Waals surface area contributed by atoms with Gasteiger partial charge in [0.1, 0.15) is 6.10 Å². The summed E-state index contributed by atoms with van der Waals surface area (Å²) in [6, 6.07) is 9.90. The lowest BCUT2D eigenvalue weighted by atomic mass is 9.97. The smallest absolute Gasteiger partial charge is 0.306 e.